The van der Waals surface area contributed by atoms with Gasteiger partial charge in [0.15, 0.2) is 10.9 Å². The highest BCUT2D eigenvalue weighted by molar-refractivity contribution is 7.99. The number of ether oxygens (including phenoxy) is 1. The number of rotatable bonds is 6. The van der Waals surface area contributed by atoms with E-state index in [2.05, 4.69) is 15.3 Å². The predicted octanol–water partition coefficient (Wildman–Crippen LogP) is 4.35. The monoisotopic (exact) mass is 399 g/mol. The quantitative estimate of drug-likeness (QED) is 0.441. The molecular weight excluding hydrogens is 382 g/mol. The van der Waals surface area contributed by atoms with E-state index in [0.717, 1.165) is 16.2 Å². The number of aryl methyl sites for hydroxylation is 1. The van der Waals surface area contributed by atoms with Crippen LogP contribution in [0.3, 0.4) is 0 Å². The largest absolute Gasteiger partial charge is 0.462 e. The maximum Gasteiger partial charge on any atom is 0.341 e. The molecule has 0 radical (unpaired) electrons. The van der Waals surface area contributed by atoms with Crippen LogP contribution in [0, 0.1) is 13.8 Å². The Labute approximate surface area is 159 Å². The maximum atomic E-state index is 12.6. The van der Waals surface area contributed by atoms with Gasteiger partial charge < -0.3 is 10.1 Å². The molecule has 0 aliphatic heterocycles. The second kappa shape index (κ2) is 8.64. The lowest BCUT2D eigenvalue weighted by molar-refractivity contribution is 0.0527. The second-order valence-electron chi connectivity index (χ2n) is 4.94. The van der Waals surface area contributed by atoms with Crippen LogP contribution in [-0.4, -0.2) is 34.2 Å². The molecule has 1 N–H and O–H groups in total. The van der Waals surface area contributed by atoms with Crippen LogP contribution in [0.1, 0.15) is 45.1 Å². The summed E-state index contributed by atoms with van der Waals surface area (Å²) in [6, 6.07) is 0. The minimum Gasteiger partial charge on any atom is -0.462 e. The third-order valence-electron chi connectivity index (χ3n) is 3.30. The van der Waals surface area contributed by atoms with Crippen LogP contribution in [0.15, 0.2) is 11.4 Å². The van der Waals surface area contributed by atoms with E-state index in [9.17, 15) is 9.59 Å². The summed E-state index contributed by atoms with van der Waals surface area (Å²) in [4.78, 5) is 34.0. The number of carbonyl (C=O) groups excluding carboxylic acids is 2. The zero-order chi connectivity index (χ0) is 18.6. The van der Waals surface area contributed by atoms with E-state index in [4.69, 9.17) is 16.3 Å². The van der Waals surface area contributed by atoms with Crippen molar-refractivity contribution in [1.29, 1.82) is 0 Å². The van der Waals surface area contributed by atoms with Gasteiger partial charge in [0.1, 0.15) is 5.00 Å². The van der Waals surface area contributed by atoms with Crippen molar-refractivity contribution in [3.8, 4) is 0 Å². The highest BCUT2D eigenvalue weighted by atomic mass is 35.5. The van der Waals surface area contributed by atoms with Crippen molar-refractivity contribution in [2.24, 2.45) is 0 Å². The highest BCUT2D eigenvalue weighted by Gasteiger charge is 2.24. The smallest absolute Gasteiger partial charge is 0.341 e. The lowest BCUT2D eigenvalue weighted by atomic mass is 10.1. The number of halogens is 1. The Balaban J connectivity index is 2.34. The molecule has 25 heavy (non-hydrogen) atoms. The van der Waals surface area contributed by atoms with Gasteiger partial charge in [0.05, 0.1) is 23.4 Å². The molecule has 0 saturated heterocycles. The molecule has 2 heterocycles. The third-order valence-corrected chi connectivity index (χ3v) is 5.45. The fourth-order valence-corrected chi connectivity index (χ4v) is 3.80. The lowest BCUT2D eigenvalue weighted by Gasteiger charge is -2.08. The van der Waals surface area contributed by atoms with Crippen molar-refractivity contribution in [1.82, 2.24) is 9.97 Å². The Morgan fingerprint density at radius 1 is 1.36 bits per heavy atom. The van der Waals surface area contributed by atoms with Gasteiger partial charge in [-0.3, -0.25) is 4.79 Å². The molecule has 0 bridgehead atoms. The zero-order valence-electron chi connectivity index (χ0n) is 14.3. The Morgan fingerprint density at radius 2 is 2.08 bits per heavy atom. The van der Waals surface area contributed by atoms with Crippen molar-refractivity contribution in [2.45, 2.75) is 32.9 Å². The van der Waals surface area contributed by atoms with E-state index in [0.29, 0.717) is 15.7 Å². The zero-order valence-corrected chi connectivity index (χ0v) is 16.7. The number of thiophene rings is 1. The van der Waals surface area contributed by atoms with Gasteiger partial charge in [0, 0.05) is 4.88 Å². The van der Waals surface area contributed by atoms with Crippen LogP contribution in [0.5, 0.6) is 0 Å². The van der Waals surface area contributed by atoms with E-state index in [1.165, 1.54) is 29.3 Å². The number of nitrogens with one attached hydrogen (secondary N) is 1. The van der Waals surface area contributed by atoms with Gasteiger partial charge in [-0.2, -0.15) is 0 Å². The number of nitrogens with zero attached hydrogens (tertiary/aromatic N) is 2. The van der Waals surface area contributed by atoms with Crippen LogP contribution < -0.4 is 5.32 Å². The first-order valence-corrected chi connectivity index (χ1v) is 9.80. The fourth-order valence-electron chi connectivity index (χ4n) is 2.04. The van der Waals surface area contributed by atoms with E-state index in [-0.39, 0.29) is 17.3 Å². The number of anilines is 1. The summed E-state index contributed by atoms with van der Waals surface area (Å²) < 4.78 is 5.09. The molecule has 6 nitrogen and oxygen atoms in total. The van der Waals surface area contributed by atoms with Crippen molar-refractivity contribution >= 4 is 51.6 Å². The van der Waals surface area contributed by atoms with E-state index in [1.807, 2.05) is 20.8 Å². The summed E-state index contributed by atoms with van der Waals surface area (Å²) in [6.07, 6.45) is 1.40. The highest BCUT2D eigenvalue weighted by Crippen LogP contribution is 2.33. The summed E-state index contributed by atoms with van der Waals surface area (Å²) >= 11 is 8.79. The molecule has 0 fully saturated rings. The number of carbonyl (C=O) groups is 2. The van der Waals surface area contributed by atoms with E-state index in [1.54, 1.807) is 6.92 Å². The minimum absolute atomic E-state index is 0.0751. The Morgan fingerprint density at radius 3 is 2.72 bits per heavy atom. The van der Waals surface area contributed by atoms with Crippen LogP contribution in [-0.2, 0) is 4.74 Å². The number of hydrogen-bond donors (Lipinski definition) is 1. The average molecular weight is 400 g/mol. The molecule has 0 atom stereocenters. The van der Waals surface area contributed by atoms with Gasteiger partial charge in [-0.15, -0.1) is 11.3 Å². The van der Waals surface area contributed by atoms with E-state index < -0.39 is 11.9 Å². The van der Waals surface area contributed by atoms with Crippen molar-refractivity contribution in [3.05, 3.63) is 32.9 Å². The summed E-state index contributed by atoms with van der Waals surface area (Å²) in [5.74, 6) is -0.174. The SMILES string of the molecule is CCOC(=O)c1c(NC(=O)c2nc(SCC)ncc2Cl)sc(C)c1C. The van der Waals surface area contributed by atoms with E-state index >= 15 is 0 Å². The normalized spacial score (nSPS) is 10.6. The molecule has 134 valence electrons. The molecule has 2 rings (SSSR count). The number of hydrogen-bond acceptors (Lipinski definition) is 7. The number of amides is 1. The number of thioether (sulfide) groups is 1. The first-order chi connectivity index (χ1) is 11.9. The molecule has 9 heteroatoms. The molecular formula is C16H18ClN3O3S2. The third kappa shape index (κ3) is 4.50. The number of esters is 1. The maximum absolute atomic E-state index is 12.6. The van der Waals surface area contributed by atoms with Gasteiger partial charge in [-0.25, -0.2) is 14.8 Å². The molecule has 1 amide bonds. The topological polar surface area (TPSA) is 81.2 Å². The molecule has 0 spiro atoms. The molecule has 0 aromatic carbocycles. The second-order valence-corrected chi connectivity index (χ2v) is 7.81. The molecule has 0 aliphatic carbocycles. The Hall–Kier alpha value is -1.64. The lowest BCUT2D eigenvalue weighted by Crippen LogP contribution is -2.17. The van der Waals surface area contributed by atoms with Crippen molar-refractivity contribution < 1.29 is 14.3 Å². The Bertz CT molecular complexity index is 808. The fraction of sp³-hybridized carbons (Fsp3) is 0.375. The summed E-state index contributed by atoms with van der Waals surface area (Å²) in [5, 5.41) is 3.79. The first-order valence-electron chi connectivity index (χ1n) is 7.62. The molecule has 0 saturated carbocycles. The molecule has 0 aliphatic rings. The van der Waals surface area contributed by atoms with Gasteiger partial charge in [-0.05, 0) is 32.1 Å². The van der Waals surface area contributed by atoms with Crippen LogP contribution in [0.25, 0.3) is 0 Å². The van der Waals surface area contributed by atoms with Gasteiger partial charge in [-0.1, -0.05) is 30.3 Å². The molecule has 2 aromatic heterocycles. The standard InChI is InChI=1S/C16H18ClN3O3S2/c1-5-23-15(22)11-8(3)9(4)25-14(11)20-13(21)12-10(17)7-18-16(19-12)24-6-2/h7H,5-6H2,1-4H3,(H,20,21). The van der Waals surface area contributed by atoms with Crippen LogP contribution >= 0.6 is 34.7 Å². The summed E-state index contributed by atoms with van der Waals surface area (Å²) in [5.41, 5.74) is 1.23. The first kappa shape index (κ1) is 19.7. The summed E-state index contributed by atoms with van der Waals surface area (Å²) in [7, 11) is 0. The molecule has 2 aromatic rings. The van der Waals surface area contributed by atoms with Crippen molar-refractivity contribution in [3.63, 3.8) is 0 Å². The van der Waals surface area contributed by atoms with Gasteiger partial charge in [0.2, 0.25) is 0 Å². The Kier molecular flexibility index (Phi) is 6.80. The van der Waals surface area contributed by atoms with Gasteiger partial charge in [0.25, 0.3) is 5.91 Å². The van der Waals surface area contributed by atoms with Crippen LogP contribution in [0.4, 0.5) is 5.00 Å². The van der Waals surface area contributed by atoms with Gasteiger partial charge >= 0.3 is 5.97 Å². The average Bonchev–Trinajstić information content (AvgIpc) is 2.83. The van der Waals surface area contributed by atoms with Crippen molar-refractivity contribution in [2.75, 3.05) is 17.7 Å². The van der Waals surface area contributed by atoms with Crippen LogP contribution in [0.2, 0.25) is 5.02 Å². The minimum atomic E-state index is -0.489. The summed E-state index contributed by atoms with van der Waals surface area (Å²) in [6.45, 7) is 7.66. The predicted molar refractivity (Wildman–Crippen MR) is 101 cm³/mol. The molecule has 0 unspecified atom stereocenters. The number of aromatic nitrogens is 2.